The number of anilines is 2. The van der Waals surface area contributed by atoms with Gasteiger partial charge >= 0.3 is 11.4 Å². The fraction of sp³-hybridized carbons (Fsp3) is 0.250. The maximum Gasteiger partial charge on any atom is 0.328 e. The Labute approximate surface area is 509 Å². The van der Waals surface area contributed by atoms with Crippen LogP contribution in [0, 0.1) is 0 Å². The van der Waals surface area contributed by atoms with Gasteiger partial charge in [0.2, 0.25) is 0 Å². The van der Waals surface area contributed by atoms with Gasteiger partial charge in [-0.2, -0.15) is 0 Å². The highest BCUT2D eigenvalue weighted by molar-refractivity contribution is 6.07. The number of fused-ring (bicyclic) bond motifs is 8. The molecular formula is C72H72N10O6. The van der Waals surface area contributed by atoms with Crippen molar-refractivity contribution in [3.63, 3.8) is 0 Å². The normalized spacial score (nSPS) is 12.2. The smallest absolute Gasteiger partial charge is 0.328 e. The van der Waals surface area contributed by atoms with Gasteiger partial charge in [0, 0.05) is 80.9 Å². The number of hydrogen-bond donors (Lipinski definition) is 6. The molecule has 0 fully saturated rings. The van der Waals surface area contributed by atoms with E-state index >= 15 is 0 Å². The van der Waals surface area contributed by atoms with Crippen LogP contribution in [0.2, 0.25) is 0 Å². The number of aromatic nitrogens is 8. The van der Waals surface area contributed by atoms with Crippen molar-refractivity contribution in [2.24, 2.45) is 0 Å². The molecule has 0 spiro atoms. The van der Waals surface area contributed by atoms with Crippen LogP contribution >= 0.6 is 0 Å². The van der Waals surface area contributed by atoms with Gasteiger partial charge < -0.3 is 20.6 Å². The number of nitrogens with zero attached hydrogens (tertiary/aromatic N) is 4. The minimum Gasteiger partial charge on any atom is -0.354 e. The van der Waals surface area contributed by atoms with E-state index in [1.807, 2.05) is 60.7 Å². The Balaban J connectivity index is 1.14. The third kappa shape index (κ3) is 12.5. The Morgan fingerprint density at radius 1 is 0.432 bits per heavy atom. The van der Waals surface area contributed by atoms with Crippen LogP contribution in [0.15, 0.2) is 153 Å². The maximum absolute atomic E-state index is 14.3. The highest BCUT2D eigenvalue weighted by atomic mass is 16.2. The molecule has 0 atom stereocenters. The van der Waals surface area contributed by atoms with Crippen LogP contribution in [0.4, 0.5) is 11.4 Å². The van der Waals surface area contributed by atoms with Crippen molar-refractivity contribution in [2.75, 3.05) is 10.6 Å². The number of amides is 2. The average Bonchev–Trinajstić information content (AvgIpc) is 1.72. The fourth-order valence-corrected chi connectivity index (χ4v) is 11.3. The molecule has 2 amide bonds. The number of carbonyl (C=O) groups excluding carboxylic acids is 2. The molecule has 5 aromatic heterocycles. The zero-order valence-corrected chi connectivity index (χ0v) is 50.9. The molecule has 2 aliphatic rings. The summed E-state index contributed by atoms with van der Waals surface area (Å²) in [5.41, 5.74) is 11.7. The van der Waals surface area contributed by atoms with Gasteiger partial charge in [-0.25, -0.2) is 19.6 Å². The minimum atomic E-state index is -0.694. The van der Waals surface area contributed by atoms with Gasteiger partial charge in [-0.3, -0.25) is 38.3 Å². The van der Waals surface area contributed by atoms with Crippen molar-refractivity contribution in [1.29, 1.82) is 0 Å². The molecule has 16 nitrogen and oxygen atoms in total. The molecule has 2 aliphatic heterocycles. The quantitative estimate of drug-likeness (QED) is 0.0509. The first kappa shape index (κ1) is 59.5. The molecule has 446 valence electrons. The van der Waals surface area contributed by atoms with Gasteiger partial charge in [-0.15, -0.1) is 0 Å². The minimum absolute atomic E-state index is 0.0375. The first-order valence-corrected chi connectivity index (χ1v) is 30.1. The van der Waals surface area contributed by atoms with E-state index in [1.165, 1.54) is 21.5 Å². The lowest BCUT2D eigenvalue weighted by atomic mass is 9.86. The second kappa shape index (κ2) is 24.6. The maximum atomic E-state index is 14.3. The van der Waals surface area contributed by atoms with Crippen LogP contribution < -0.4 is 33.1 Å². The highest BCUT2D eigenvalue weighted by Crippen LogP contribution is 2.40. The van der Waals surface area contributed by atoms with Crippen molar-refractivity contribution in [1.82, 2.24) is 39.0 Å². The number of aryl methyl sites for hydroxylation is 2. The Kier molecular flexibility index (Phi) is 16.7. The number of H-pyrrole nitrogens is 4. The van der Waals surface area contributed by atoms with Crippen LogP contribution in [0.25, 0.3) is 90.9 Å². The summed E-state index contributed by atoms with van der Waals surface area (Å²) in [7, 11) is 0. The summed E-state index contributed by atoms with van der Waals surface area (Å²) in [5, 5.41) is 5.56. The van der Waals surface area contributed by atoms with Crippen molar-refractivity contribution in [3.05, 3.63) is 220 Å². The van der Waals surface area contributed by atoms with Gasteiger partial charge in [-0.05, 0) is 130 Å². The van der Waals surface area contributed by atoms with Crippen molar-refractivity contribution in [3.8, 4) is 44.5 Å². The van der Waals surface area contributed by atoms with Crippen molar-refractivity contribution >= 4 is 69.6 Å². The third-order valence-electron chi connectivity index (χ3n) is 16.2. The summed E-state index contributed by atoms with van der Waals surface area (Å²) in [4.78, 5) is 104. The van der Waals surface area contributed by atoms with Gasteiger partial charge in [0.05, 0.1) is 22.8 Å². The number of rotatable bonds is 16. The fourth-order valence-electron chi connectivity index (χ4n) is 11.3. The Hall–Kier alpha value is -10.2. The Morgan fingerprint density at radius 2 is 0.773 bits per heavy atom. The van der Waals surface area contributed by atoms with E-state index in [4.69, 9.17) is 9.97 Å². The van der Waals surface area contributed by atoms with E-state index in [0.717, 1.165) is 82.9 Å². The van der Waals surface area contributed by atoms with E-state index in [-0.39, 0.29) is 33.3 Å². The molecule has 7 heterocycles. The summed E-state index contributed by atoms with van der Waals surface area (Å²) in [6, 6.07) is 39.5. The topological polar surface area (TPSA) is 225 Å². The molecule has 0 unspecified atom stereocenters. The highest BCUT2D eigenvalue weighted by Gasteiger charge is 2.23. The van der Waals surface area contributed by atoms with Gasteiger partial charge in [0.15, 0.2) is 0 Å². The van der Waals surface area contributed by atoms with Crippen LogP contribution in [-0.4, -0.2) is 50.9 Å². The van der Waals surface area contributed by atoms with Gasteiger partial charge in [-0.1, -0.05) is 154 Å². The summed E-state index contributed by atoms with van der Waals surface area (Å²) in [5.74, 6) is -1.07. The van der Waals surface area contributed by atoms with E-state index < -0.39 is 34.3 Å². The summed E-state index contributed by atoms with van der Waals surface area (Å²) in [6.07, 6.45) is 16.0. The number of carbonyl (C=O) groups is 2. The first-order chi connectivity index (χ1) is 42.2. The van der Waals surface area contributed by atoms with E-state index in [2.05, 4.69) is 134 Å². The summed E-state index contributed by atoms with van der Waals surface area (Å²) < 4.78 is 2.83. The monoisotopic (exact) mass is 1170 g/mol. The molecule has 8 bridgehead atoms. The standard InChI is InChI=1S/C72H72N10O6/c1-9-11-13-37-81-41-59(67(85)79-69(81)87)77-65(83)47-19-15-17-45(39-47)63-55-33-29-51(73-55)61(43-21-25-49(26-22-43)71(3,4)5)53-31-35-57(75-53)64(46-18-16-20-48(40-46)66(84)78-60-42-82(38-14-12-10-2)70(88)80-68(60)86)58-36-32-54(76-58)62(52-30-34-56(63)74-52)44-23-27-50(28-24-44)72(6,7)8/h15-36,39-42,73,76H,9-14,37-38H2,1-8H3,(H,77,83)(H,78,84)(H,79,85,87)(H,80,86,88). The number of unbranched alkanes of at least 4 members (excludes halogenated alkanes) is 4. The van der Waals surface area contributed by atoms with Crippen LogP contribution in [0.1, 0.15) is 149 Å². The predicted octanol–water partition coefficient (Wildman–Crippen LogP) is 14.5. The summed E-state index contributed by atoms with van der Waals surface area (Å²) in [6.45, 7) is 18.0. The van der Waals surface area contributed by atoms with Crippen LogP contribution in [0.3, 0.4) is 0 Å². The third-order valence-corrected chi connectivity index (χ3v) is 16.2. The molecule has 9 aromatic rings. The molecule has 0 saturated carbocycles. The number of benzene rings is 4. The first-order valence-electron chi connectivity index (χ1n) is 30.1. The second-order valence-electron chi connectivity index (χ2n) is 24.6. The molecule has 0 radical (unpaired) electrons. The molecule has 88 heavy (non-hydrogen) atoms. The lowest BCUT2D eigenvalue weighted by Crippen LogP contribution is -2.32. The molecule has 0 aliphatic carbocycles. The largest absolute Gasteiger partial charge is 0.354 e. The van der Waals surface area contributed by atoms with E-state index in [1.54, 1.807) is 36.4 Å². The van der Waals surface area contributed by atoms with E-state index in [0.29, 0.717) is 69.2 Å². The molecule has 6 N–H and O–H groups in total. The molecule has 16 heteroatoms. The lowest BCUT2D eigenvalue weighted by molar-refractivity contribution is 0.101. The number of nitrogens with one attached hydrogen (secondary N) is 6. The van der Waals surface area contributed by atoms with Crippen molar-refractivity contribution < 1.29 is 9.59 Å². The lowest BCUT2D eigenvalue weighted by Gasteiger charge is -2.19. The zero-order chi connectivity index (χ0) is 62.0. The molecule has 0 saturated heterocycles. The van der Waals surface area contributed by atoms with Crippen molar-refractivity contribution in [2.45, 2.75) is 118 Å². The predicted molar refractivity (Wildman–Crippen MR) is 356 cm³/mol. The number of hydrogen-bond acceptors (Lipinski definition) is 8. The van der Waals surface area contributed by atoms with Gasteiger partial charge in [0.1, 0.15) is 11.4 Å². The summed E-state index contributed by atoms with van der Waals surface area (Å²) >= 11 is 0. The SMILES string of the molecule is CCCCCn1cc(NC(=O)c2cccc(-c3c4nc(c(-c5ccc(C(C)(C)C)cc5)c5ccc([nH]5)c(-c5cccc(C(=O)Nc6cn(CCCCC)c(=O)[nH]c6=O)c5)c5nc(c(-c6ccc(C(C)(C)C)cc6)c6ccc3[nH]6)C=C5)C=C4)c2)c(=O)[nH]c1=O. The Morgan fingerprint density at radius 3 is 1.10 bits per heavy atom. The van der Waals surface area contributed by atoms with Gasteiger partial charge in [0.25, 0.3) is 22.9 Å². The van der Waals surface area contributed by atoms with Crippen LogP contribution in [0.5, 0.6) is 0 Å². The average molecular weight is 1170 g/mol. The molecular weight excluding hydrogens is 1100 g/mol. The van der Waals surface area contributed by atoms with E-state index in [9.17, 15) is 28.8 Å². The molecule has 11 rings (SSSR count). The second-order valence-corrected chi connectivity index (χ2v) is 24.6. The Bertz CT molecular complexity index is 4390. The molecule has 4 aromatic carbocycles. The number of aromatic amines is 4. The van der Waals surface area contributed by atoms with Crippen LogP contribution in [-0.2, 0) is 23.9 Å². The zero-order valence-electron chi connectivity index (χ0n) is 50.9.